The van der Waals surface area contributed by atoms with E-state index in [1.807, 2.05) is 32.9 Å². The fourth-order valence-corrected chi connectivity index (χ4v) is 3.57. The molecule has 2 amide bonds. The van der Waals surface area contributed by atoms with Crippen LogP contribution in [0.1, 0.15) is 43.7 Å². The van der Waals surface area contributed by atoms with Crippen LogP contribution in [0.15, 0.2) is 46.9 Å². The van der Waals surface area contributed by atoms with Gasteiger partial charge in [-0.25, -0.2) is 9.18 Å². The van der Waals surface area contributed by atoms with Crippen molar-refractivity contribution in [2.24, 2.45) is 0 Å². The van der Waals surface area contributed by atoms with Gasteiger partial charge in [0, 0.05) is 24.2 Å². The fourth-order valence-electron chi connectivity index (χ4n) is 3.57. The van der Waals surface area contributed by atoms with Crippen LogP contribution in [0.4, 0.5) is 20.6 Å². The first-order valence-corrected chi connectivity index (χ1v) is 10.3. The highest BCUT2D eigenvalue weighted by Crippen LogP contribution is 2.28. The topological polar surface area (TPSA) is 83.3 Å². The number of para-hydroxylation sites is 1. The number of fused-ring (bicyclic) bond motifs is 1. The Morgan fingerprint density at radius 2 is 1.84 bits per heavy atom. The van der Waals surface area contributed by atoms with Gasteiger partial charge in [0.05, 0.1) is 12.2 Å². The summed E-state index contributed by atoms with van der Waals surface area (Å²) in [5.41, 5.74) is 2.92. The Morgan fingerprint density at radius 3 is 2.58 bits per heavy atom. The van der Waals surface area contributed by atoms with Crippen molar-refractivity contribution < 1.29 is 13.6 Å². The number of rotatable bonds is 4. The SMILES string of the molecule is CC(C)(C)c1nnc(CN2CCc3c(cccc3NC(=O)Nc3ccccc3F)C2)o1. The molecular formula is C23H26FN5O2. The zero-order valence-corrected chi connectivity index (χ0v) is 17.9. The van der Waals surface area contributed by atoms with E-state index in [-0.39, 0.29) is 11.1 Å². The van der Waals surface area contributed by atoms with Crippen LogP contribution in [0, 0.1) is 5.82 Å². The van der Waals surface area contributed by atoms with Crippen molar-refractivity contribution in [1.82, 2.24) is 15.1 Å². The van der Waals surface area contributed by atoms with Crippen molar-refractivity contribution in [1.29, 1.82) is 0 Å². The zero-order valence-electron chi connectivity index (χ0n) is 17.9. The Labute approximate surface area is 180 Å². The van der Waals surface area contributed by atoms with E-state index in [4.69, 9.17) is 4.42 Å². The minimum absolute atomic E-state index is 0.144. The average Bonchev–Trinajstić information content (AvgIpc) is 3.19. The highest BCUT2D eigenvalue weighted by atomic mass is 19.1. The van der Waals surface area contributed by atoms with E-state index in [2.05, 4.69) is 31.8 Å². The molecule has 2 heterocycles. The monoisotopic (exact) mass is 423 g/mol. The first kappa shape index (κ1) is 21.0. The first-order chi connectivity index (χ1) is 14.8. The van der Waals surface area contributed by atoms with Gasteiger partial charge >= 0.3 is 6.03 Å². The van der Waals surface area contributed by atoms with Crippen LogP contribution >= 0.6 is 0 Å². The van der Waals surface area contributed by atoms with Crippen LogP contribution in [-0.4, -0.2) is 27.7 Å². The van der Waals surface area contributed by atoms with Crippen LogP contribution in [-0.2, 0) is 24.9 Å². The summed E-state index contributed by atoms with van der Waals surface area (Å²) in [6.07, 6.45) is 0.770. The molecule has 0 radical (unpaired) electrons. The molecule has 1 aromatic heterocycles. The van der Waals surface area contributed by atoms with Gasteiger partial charge in [-0.2, -0.15) is 0 Å². The van der Waals surface area contributed by atoms with Crippen molar-refractivity contribution in [2.45, 2.75) is 45.7 Å². The lowest BCUT2D eigenvalue weighted by Gasteiger charge is -2.29. The molecule has 31 heavy (non-hydrogen) atoms. The van der Waals surface area contributed by atoms with E-state index in [1.165, 1.54) is 12.1 Å². The standard InChI is InChI=1S/C23H26FN5O2/c1-23(2,3)21-28-27-20(31-21)14-29-12-11-16-15(13-29)7-6-10-18(16)25-22(30)26-19-9-5-4-8-17(19)24/h4-10H,11-14H2,1-3H3,(H2,25,26,30). The maximum Gasteiger partial charge on any atom is 0.323 e. The number of halogens is 1. The second-order valence-corrected chi connectivity index (χ2v) is 8.71. The second kappa shape index (κ2) is 8.47. The average molecular weight is 423 g/mol. The molecular weight excluding hydrogens is 397 g/mol. The zero-order chi connectivity index (χ0) is 22.0. The van der Waals surface area contributed by atoms with Crippen molar-refractivity contribution in [3.05, 3.63) is 71.2 Å². The number of benzene rings is 2. The van der Waals surface area contributed by atoms with Crippen molar-refractivity contribution in [3.8, 4) is 0 Å². The number of nitrogens with one attached hydrogen (secondary N) is 2. The van der Waals surface area contributed by atoms with Gasteiger partial charge in [-0.1, -0.05) is 45.0 Å². The van der Waals surface area contributed by atoms with E-state index in [0.717, 1.165) is 29.8 Å². The molecule has 0 bridgehead atoms. The summed E-state index contributed by atoms with van der Waals surface area (Å²) in [4.78, 5) is 14.6. The number of anilines is 2. The summed E-state index contributed by atoms with van der Waals surface area (Å²) in [5, 5.41) is 13.8. The predicted octanol–water partition coefficient (Wildman–Crippen LogP) is 4.71. The molecule has 1 aliphatic heterocycles. The number of carbonyl (C=O) groups excluding carboxylic acids is 1. The summed E-state index contributed by atoms with van der Waals surface area (Å²) in [6, 6.07) is 11.4. The summed E-state index contributed by atoms with van der Waals surface area (Å²) in [5.74, 6) is 0.762. The van der Waals surface area contributed by atoms with Crippen LogP contribution in [0.25, 0.3) is 0 Å². The molecule has 0 fully saturated rings. The van der Waals surface area contributed by atoms with Crippen LogP contribution in [0.5, 0.6) is 0 Å². The number of hydrogen-bond acceptors (Lipinski definition) is 5. The fraction of sp³-hybridized carbons (Fsp3) is 0.348. The van der Waals surface area contributed by atoms with E-state index < -0.39 is 11.8 Å². The minimum Gasteiger partial charge on any atom is -0.423 e. The lowest BCUT2D eigenvalue weighted by Crippen LogP contribution is -2.31. The highest BCUT2D eigenvalue weighted by Gasteiger charge is 2.24. The Balaban J connectivity index is 1.42. The van der Waals surface area contributed by atoms with Gasteiger partial charge in [0.2, 0.25) is 11.8 Å². The lowest BCUT2D eigenvalue weighted by atomic mass is 9.97. The van der Waals surface area contributed by atoms with Gasteiger partial charge in [-0.3, -0.25) is 4.90 Å². The minimum atomic E-state index is -0.473. The number of amides is 2. The summed E-state index contributed by atoms with van der Waals surface area (Å²) >= 11 is 0. The number of aromatic nitrogens is 2. The van der Waals surface area contributed by atoms with Crippen LogP contribution < -0.4 is 10.6 Å². The molecule has 0 atom stereocenters. The molecule has 0 unspecified atom stereocenters. The number of urea groups is 1. The largest absolute Gasteiger partial charge is 0.423 e. The van der Waals surface area contributed by atoms with E-state index in [1.54, 1.807) is 12.1 Å². The molecule has 0 saturated heterocycles. The first-order valence-electron chi connectivity index (χ1n) is 10.3. The highest BCUT2D eigenvalue weighted by molar-refractivity contribution is 6.00. The van der Waals surface area contributed by atoms with E-state index in [0.29, 0.717) is 24.9 Å². The second-order valence-electron chi connectivity index (χ2n) is 8.71. The molecule has 0 spiro atoms. The molecule has 1 aliphatic rings. The Kier molecular flexibility index (Phi) is 5.73. The van der Waals surface area contributed by atoms with E-state index >= 15 is 0 Å². The van der Waals surface area contributed by atoms with Crippen LogP contribution in [0.3, 0.4) is 0 Å². The van der Waals surface area contributed by atoms with Crippen molar-refractivity contribution in [3.63, 3.8) is 0 Å². The molecule has 2 aromatic carbocycles. The van der Waals surface area contributed by atoms with Crippen LogP contribution in [0.2, 0.25) is 0 Å². The Hall–Kier alpha value is -3.26. The Morgan fingerprint density at radius 1 is 1.10 bits per heavy atom. The lowest BCUT2D eigenvalue weighted by molar-refractivity contribution is 0.216. The summed E-state index contributed by atoms with van der Waals surface area (Å²) < 4.78 is 19.6. The molecule has 4 rings (SSSR count). The van der Waals surface area contributed by atoms with Crippen molar-refractivity contribution >= 4 is 17.4 Å². The van der Waals surface area contributed by atoms with Gasteiger partial charge in [0.1, 0.15) is 5.82 Å². The normalized spacial score (nSPS) is 14.2. The summed E-state index contributed by atoms with van der Waals surface area (Å²) in [7, 11) is 0. The smallest absolute Gasteiger partial charge is 0.323 e. The number of nitrogens with zero attached hydrogens (tertiary/aromatic N) is 3. The number of carbonyl (C=O) groups is 1. The Bertz CT molecular complexity index is 1090. The van der Waals surface area contributed by atoms with Gasteiger partial charge < -0.3 is 15.1 Å². The molecule has 2 N–H and O–H groups in total. The van der Waals surface area contributed by atoms with Gasteiger partial charge in [-0.15, -0.1) is 10.2 Å². The third-order valence-electron chi connectivity index (χ3n) is 5.18. The third kappa shape index (κ3) is 4.91. The quantitative estimate of drug-likeness (QED) is 0.635. The molecule has 8 heteroatoms. The van der Waals surface area contributed by atoms with E-state index in [9.17, 15) is 9.18 Å². The third-order valence-corrected chi connectivity index (χ3v) is 5.18. The van der Waals surface area contributed by atoms with Gasteiger partial charge in [0.25, 0.3) is 0 Å². The molecule has 3 aromatic rings. The van der Waals surface area contributed by atoms with Gasteiger partial charge in [-0.05, 0) is 35.7 Å². The predicted molar refractivity (Wildman–Crippen MR) is 116 cm³/mol. The van der Waals surface area contributed by atoms with Crippen molar-refractivity contribution in [2.75, 3.05) is 17.2 Å². The maximum absolute atomic E-state index is 13.8. The van der Waals surface area contributed by atoms with Gasteiger partial charge in [0.15, 0.2) is 0 Å². The number of hydrogen-bond donors (Lipinski definition) is 2. The summed E-state index contributed by atoms with van der Waals surface area (Å²) in [6.45, 7) is 8.21. The molecule has 0 aliphatic carbocycles. The molecule has 0 saturated carbocycles. The molecule has 162 valence electrons. The molecule has 7 nitrogen and oxygen atoms in total. The maximum atomic E-state index is 13.8.